The number of nitriles is 1. The molecule has 2 nitrogen and oxygen atoms in total. The summed E-state index contributed by atoms with van der Waals surface area (Å²) >= 11 is 14.7. The van der Waals surface area contributed by atoms with Crippen molar-refractivity contribution < 1.29 is 9.18 Å². The molecule has 0 radical (unpaired) electrons. The van der Waals surface area contributed by atoms with Crippen molar-refractivity contribution in [1.82, 2.24) is 0 Å². The van der Waals surface area contributed by atoms with E-state index in [2.05, 4.69) is 15.9 Å². The summed E-state index contributed by atoms with van der Waals surface area (Å²) in [6, 6.07) is 10.4. The normalized spacial score (nSPS) is 11.8. The number of Topliss-reactive ketones (excluding diaryl/α,β-unsaturated/α-hetero) is 1. The molecule has 6 heteroatoms. The lowest BCUT2D eigenvalue weighted by Gasteiger charge is -2.10. The van der Waals surface area contributed by atoms with Crippen molar-refractivity contribution in [2.24, 2.45) is 0 Å². The standard InChI is InChI=1S/C15H7BrCl2FNO/c16-11-5-9(2-4-14(11)19)15(21)10(7-20)8-1-3-12(17)13(18)6-8/h1-6,10H. The van der Waals surface area contributed by atoms with Crippen LogP contribution in [0.15, 0.2) is 40.9 Å². The van der Waals surface area contributed by atoms with Gasteiger partial charge in [-0.25, -0.2) is 4.39 Å². The van der Waals surface area contributed by atoms with E-state index in [1.54, 1.807) is 6.07 Å². The molecule has 0 aliphatic rings. The summed E-state index contributed by atoms with van der Waals surface area (Å²) in [4.78, 5) is 12.4. The summed E-state index contributed by atoms with van der Waals surface area (Å²) in [6.45, 7) is 0. The highest BCUT2D eigenvalue weighted by Crippen LogP contribution is 2.29. The van der Waals surface area contributed by atoms with E-state index in [9.17, 15) is 14.4 Å². The SMILES string of the molecule is N#CC(C(=O)c1ccc(F)c(Br)c1)c1ccc(Cl)c(Cl)c1. The van der Waals surface area contributed by atoms with Crippen LogP contribution in [0.2, 0.25) is 10.0 Å². The van der Waals surface area contributed by atoms with Crippen LogP contribution >= 0.6 is 39.1 Å². The zero-order valence-electron chi connectivity index (χ0n) is 10.4. The highest BCUT2D eigenvalue weighted by Gasteiger charge is 2.23. The quantitative estimate of drug-likeness (QED) is 0.664. The number of benzene rings is 2. The second-order valence-electron chi connectivity index (χ2n) is 4.23. The van der Waals surface area contributed by atoms with Crippen LogP contribution in [-0.2, 0) is 0 Å². The van der Waals surface area contributed by atoms with Gasteiger partial charge in [-0.15, -0.1) is 0 Å². The minimum Gasteiger partial charge on any atom is -0.292 e. The third kappa shape index (κ3) is 3.44. The van der Waals surface area contributed by atoms with Crippen LogP contribution in [0.25, 0.3) is 0 Å². The molecule has 0 heterocycles. The number of rotatable bonds is 3. The Balaban J connectivity index is 2.41. The number of hydrogen-bond acceptors (Lipinski definition) is 2. The Labute approximate surface area is 139 Å². The van der Waals surface area contributed by atoms with Gasteiger partial charge in [0, 0.05) is 5.56 Å². The van der Waals surface area contributed by atoms with Gasteiger partial charge in [0.15, 0.2) is 5.78 Å². The van der Waals surface area contributed by atoms with E-state index in [0.717, 1.165) is 0 Å². The van der Waals surface area contributed by atoms with Gasteiger partial charge in [0.1, 0.15) is 11.7 Å². The fourth-order valence-electron chi connectivity index (χ4n) is 1.79. The predicted octanol–water partition coefficient (Wildman–Crippen LogP) is 5.39. The molecule has 0 aromatic heterocycles. The Hall–Kier alpha value is -1.41. The molecule has 2 aromatic carbocycles. The Morgan fingerprint density at radius 2 is 1.90 bits per heavy atom. The summed E-state index contributed by atoms with van der Waals surface area (Å²) in [5.41, 5.74) is 0.679. The fourth-order valence-corrected chi connectivity index (χ4v) is 2.48. The Morgan fingerprint density at radius 1 is 1.19 bits per heavy atom. The molecular weight excluding hydrogens is 380 g/mol. The smallest absolute Gasteiger partial charge is 0.184 e. The molecule has 0 amide bonds. The van der Waals surface area contributed by atoms with E-state index in [1.807, 2.05) is 6.07 Å². The zero-order chi connectivity index (χ0) is 15.6. The highest BCUT2D eigenvalue weighted by atomic mass is 79.9. The van der Waals surface area contributed by atoms with Gasteiger partial charge in [0.05, 0.1) is 20.6 Å². The third-order valence-electron chi connectivity index (χ3n) is 2.87. The Bertz CT molecular complexity index is 758. The van der Waals surface area contributed by atoms with Crippen LogP contribution in [-0.4, -0.2) is 5.78 Å². The van der Waals surface area contributed by atoms with Gasteiger partial charge >= 0.3 is 0 Å². The lowest BCUT2D eigenvalue weighted by molar-refractivity contribution is 0.0979. The van der Waals surface area contributed by atoms with Gasteiger partial charge in [-0.05, 0) is 51.8 Å². The van der Waals surface area contributed by atoms with E-state index >= 15 is 0 Å². The molecule has 21 heavy (non-hydrogen) atoms. The topological polar surface area (TPSA) is 40.9 Å². The number of carbonyl (C=O) groups is 1. The van der Waals surface area contributed by atoms with Crippen LogP contribution in [0.5, 0.6) is 0 Å². The van der Waals surface area contributed by atoms with Crippen molar-refractivity contribution in [3.63, 3.8) is 0 Å². The van der Waals surface area contributed by atoms with Crippen molar-refractivity contribution in [2.45, 2.75) is 5.92 Å². The average molecular weight is 387 g/mol. The molecule has 1 atom stereocenters. The maximum Gasteiger partial charge on any atom is 0.184 e. The van der Waals surface area contributed by atoms with E-state index < -0.39 is 17.5 Å². The molecule has 1 unspecified atom stereocenters. The zero-order valence-corrected chi connectivity index (χ0v) is 13.5. The van der Waals surface area contributed by atoms with E-state index in [-0.39, 0.29) is 15.1 Å². The van der Waals surface area contributed by atoms with E-state index in [4.69, 9.17) is 23.2 Å². The number of nitrogens with zero attached hydrogens (tertiary/aromatic N) is 1. The predicted molar refractivity (Wildman–Crippen MR) is 83.2 cm³/mol. The fraction of sp³-hybridized carbons (Fsp3) is 0.0667. The van der Waals surface area contributed by atoms with Gasteiger partial charge in [0.2, 0.25) is 0 Å². The molecule has 0 saturated carbocycles. The molecule has 0 N–H and O–H groups in total. The largest absolute Gasteiger partial charge is 0.292 e. The van der Waals surface area contributed by atoms with Crippen LogP contribution in [0.4, 0.5) is 4.39 Å². The minimum atomic E-state index is -1.03. The first-order valence-electron chi connectivity index (χ1n) is 5.78. The van der Waals surface area contributed by atoms with Crippen LogP contribution in [0.3, 0.4) is 0 Å². The van der Waals surface area contributed by atoms with Crippen LogP contribution in [0, 0.1) is 17.1 Å². The Kier molecular flexibility index (Phi) is 5.00. The molecular formula is C15H7BrCl2FNO. The van der Waals surface area contributed by atoms with Crippen molar-refractivity contribution >= 4 is 44.9 Å². The first kappa shape index (κ1) is 16.0. The molecule has 0 bridgehead atoms. The van der Waals surface area contributed by atoms with Crippen molar-refractivity contribution in [3.05, 3.63) is 67.9 Å². The van der Waals surface area contributed by atoms with Gasteiger partial charge in [-0.1, -0.05) is 29.3 Å². The second kappa shape index (κ2) is 6.57. The number of hydrogen-bond donors (Lipinski definition) is 0. The number of ketones is 1. The molecule has 2 rings (SSSR count). The van der Waals surface area contributed by atoms with E-state index in [1.165, 1.54) is 30.3 Å². The third-order valence-corrected chi connectivity index (χ3v) is 4.22. The monoisotopic (exact) mass is 385 g/mol. The lowest BCUT2D eigenvalue weighted by Crippen LogP contribution is -2.11. The first-order chi connectivity index (χ1) is 9.93. The second-order valence-corrected chi connectivity index (χ2v) is 5.90. The highest BCUT2D eigenvalue weighted by molar-refractivity contribution is 9.10. The summed E-state index contributed by atoms with van der Waals surface area (Å²) in [5.74, 6) is -1.94. The van der Waals surface area contributed by atoms with Gasteiger partial charge in [0.25, 0.3) is 0 Å². The van der Waals surface area contributed by atoms with Crippen LogP contribution in [0.1, 0.15) is 21.8 Å². The molecule has 0 aliphatic heterocycles. The summed E-state index contributed by atoms with van der Waals surface area (Å²) < 4.78 is 13.4. The van der Waals surface area contributed by atoms with Gasteiger partial charge in [-0.2, -0.15) is 5.26 Å². The summed E-state index contributed by atoms with van der Waals surface area (Å²) in [7, 11) is 0. The minimum absolute atomic E-state index is 0.166. The first-order valence-corrected chi connectivity index (χ1v) is 7.32. The molecule has 2 aromatic rings. The number of halogens is 4. The van der Waals surface area contributed by atoms with Crippen LogP contribution < -0.4 is 0 Å². The maximum absolute atomic E-state index is 13.2. The molecule has 0 aliphatic carbocycles. The molecule has 0 fully saturated rings. The summed E-state index contributed by atoms with van der Waals surface area (Å²) in [5, 5.41) is 9.87. The Morgan fingerprint density at radius 3 is 2.48 bits per heavy atom. The van der Waals surface area contributed by atoms with E-state index in [0.29, 0.717) is 10.6 Å². The van der Waals surface area contributed by atoms with Crippen molar-refractivity contribution in [3.8, 4) is 6.07 Å². The number of carbonyl (C=O) groups excluding carboxylic acids is 1. The van der Waals surface area contributed by atoms with Crippen molar-refractivity contribution in [2.75, 3.05) is 0 Å². The maximum atomic E-state index is 13.2. The lowest BCUT2D eigenvalue weighted by atomic mass is 9.92. The summed E-state index contributed by atoms with van der Waals surface area (Å²) in [6.07, 6.45) is 0. The molecule has 0 spiro atoms. The van der Waals surface area contributed by atoms with Gasteiger partial charge < -0.3 is 0 Å². The molecule has 0 saturated heterocycles. The van der Waals surface area contributed by atoms with Crippen molar-refractivity contribution in [1.29, 1.82) is 5.26 Å². The average Bonchev–Trinajstić information content (AvgIpc) is 2.46. The van der Waals surface area contributed by atoms with Gasteiger partial charge in [-0.3, -0.25) is 4.79 Å². The molecule has 106 valence electrons.